The van der Waals surface area contributed by atoms with Gasteiger partial charge in [-0.1, -0.05) is 24.3 Å². The van der Waals surface area contributed by atoms with E-state index in [2.05, 4.69) is 41.1 Å². The van der Waals surface area contributed by atoms with Crippen molar-refractivity contribution in [2.45, 2.75) is 6.92 Å². The summed E-state index contributed by atoms with van der Waals surface area (Å²) >= 11 is 0. The molecule has 0 radical (unpaired) electrons. The molecule has 3 nitrogen and oxygen atoms in total. The molecule has 2 saturated heterocycles. The van der Waals surface area contributed by atoms with E-state index in [0.717, 1.165) is 52.7 Å². The lowest BCUT2D eigenvalue weighted by atomic mass is 10.0. The van der Waals surface area contributed by atoms with Gasteiger partial charge in [0.25, 0.3) is 0 Å². The molecule has 3 heteroatoms. The van der Waals surface area contributed by atoms with Crippen molar-refractivity contribution in [1.29, 1.82) is 0 Å². The van der Waals surface area contributed by atoms with Gasteiger partial charge in [-0.3, -0.25) is 4.79 Å². The molecule has 2 fully saturated rings. The highest BCUT2D eigenvalue weighted by Crippen LogP contribution is 2.41. The molecule has 0 saturated carbocycles. The van der Waals surface area contributed by atoms with Crippen LogP contribution in [0, 0.1) is 18.8 Å². The maximum atomic E-state index is 12.9. The van der Waals surface area contributed by atoms with E-state index in [1.165, 1.54) is 18.8 Å². The summed E-state index contributed by atoms with van der Waals surface area (Å²) in [5, 5.41) is 0. The van der Waals surface area contributed by atoms with Crippen molar-refractivity contribution in [3.8, 4) is 11.1 Å². The number of benzene rings is 2. The van der Waals surface area contributed by atoms with Gasteiger partial charge in [0.1, 0.15) is 0 Å². The van der Waals surface area contributed by atoms with E-state index in [4.69, 9.17) is 0 Å². The molecule has 0 N–H and O–H groups in total. The number of likely N-dealkylation sites (tertiary alicyclic amines) is 1. The average Bonchev–Trinajstić information content (AvgIpc) is 3.18. The third-order valence-corrected chi connectivity index (χ3v) is 6.07. The van der Waals surface area contributed by atoms with Gasteiger partial charge >= 0.3 is 0 Å². The van der Waals surface area contributed by atoms with Crippen molar-refractivity contribution in [2.24, 2.45) is 11.8 Å². The molecular weight excluding hydrogens is 296 g/mol. The first-order valence-electron chi connectivity index (χ1n) is 8.84. The van der Waals surface area contributed by atoms with Gasteiger partial charge in [-0.25, -0.2) is 0 Å². The number of hydrogen-bond acceptors (Lipinski definition) is 3. The minimum Gasteiger partial charge on any atom is -0.371 e. The van der Waals surface area contributed by atoms with E-state index in [-0.39, 0.29) is 5.78 Å². The normalized spacial score (nSPS) is 25.1. The largest absolute Gasteiger partial charge is 0.371 e. The van der Waals surface area contributed by atoms with Crippen LogP contribution in [0.3, 0.4) is 0 Å². The second kappa shape index (κ2) is 4.93. The van der Waals surface area contributed by atoms with Gasteiger partial charge in [0.05, 0.1) is 0 Å². The summed E-state index contributed by atoms with van der Waals surface area (Å²) in [5.74, 6) is 1.75. The number of fused-ring (bicyclic) bond motifs is 4. The predicted octanol–water partition coefficient (Wildman–Crippen LogP) is 3.20. The van der Waals surface area contributed by atoms with E-state index in [1.54, 1.807) is 0 Å². The molecular formula is C21H22N2O. The summed E-state index contributed by atoms with van der Waals surface area (Å²) in [6.07, 6.45) is 0. The molecule has 0 aromatic heterocycles. The van der Waals surface area contributed by atoms with Crippen molar-refractivity contribution in [3.05, 3.63) is 53.1 Å². The number of aryl methyl sites for hydroxylation is 1. The lowest BCUT2D eigenvalue weighted by Gasteiger charge is -2.22. The molecule has 2 unspecified atom stereocenters. The fourth-order valence-electron chi connectivity index (χ4n) is 4.92. The highest BCUT2D eigenvalue weighted by molar-refractivity contribution is 6.22. The molecule has 122 valence electrons. The molecule has 24 heavy (non-hydrogen) atoms. The highest BCUT2D eigenvalue weighted by Gasteiger charge is 2.39. The first-order chi connectivity index (χ1) is 11.6. The number of carbonyl (C=O) groups is 1. The summed E-state index contributed by atoms with van der Waals surface area (Å²) in [4.78, 5) is 17.8. The van der Waals surface area contributed by atoms with Crippen molar-refractivity contribution >= 4 is 11.5 Å². The number of rotatable bonds is 1. The van der Waals surface area contributed by atoms with Gasteiger partial charge in [0.15, 0.2) is 5.78 Å². The van der Waals surface area contributed by atoms with Crippen LogP contribution in [-0.4, -0.2) is 43.9 Å². The molecule has 3 aliphatic rings. The standard InChI is InChI=1S/C21H22N2O/c1-13-4-3-5-18-17-7-6-16(8-19(17)21(24)20(13)18)23-11-14-9-22(2)10-15(14)12-23/h3-8,14-15H,9-12H2,1-2H3. The van der Waals surface area contributed by atoms with Crippen molar-refractivity contribution < 1.29 is 4.79 Å². The second-order valence-corrected chi connectivity index (χ2v) is 7.70. The van der Waals surface area contributed by atoms with Crippen LogP contribution in [0.4, 0.5) is 5.69 Å². The van der Waals surface area contributed by atoms with Gasteiger partial charge in [0.2, 0.25) is 0 Å². The zero-order valence-electron chi connectivity index (χ0n) is 14.2. The Morgan fingerprint density at radius 1 is 0.917 bits per heavy atom. The number of nitrogens with zero attached hydrogens (tertiary/aromatic N) is 2. The summed E-state index contributed by atoms with van der Waals surface area (Å²) in [7, 11) is 2.22. The van der Waals surface area contributed by atoms with Crippen LogP contribution >= 0.6 is 0 Å². The molecule has 2 aromatic rings. The molecule has 2 aromatic carbocycles. The Hall–Kier alpha value is -2.13. The molecule has 2 heterocycles. The van der Waals surface area contributed by atoms with Crippen molar-refractivity contribution in [3.63, 3.8) is 0 Å². The smallest absolute Gasteiger partial charge is 0.194 e. The summed E-state index contributed by atoms with van der Waals surface area (Å²) in [5.41, 5.74) is 6.26. The van der Waals surface area contributed by atoms with Crippen LogP contribution in [0.25, 0.3) is 11.1 Å². The Bertz CT molecular complexity index is 843. The van der Waals surface area contributed by atoms with E-state index in [9.17, 15) is 4.79 Å². The van der Waals surface area contributed by atoms with Crippen molar-refractivity contribution in [2.75, 3.05) is 38.1 Å². The monoisotopic (exact) mass is 318 g/mol. The quantitative estimate of drug-likeness (QED) is 0.688. The van der Waals surface area contributed by atoms with Gasteiger partial charge < -0.3 is 9.80 Å². The Balaban J connectivity index is 1.50. The van der Waals surface area contributed by atoms with E-state index < -0.39 is 0 Å². The Kier molecular flexibility index (Phi) is 2.93. The zero-order chi connectivity index (χ0) is 16.4. The molecule has 0 spiro atoms. The third-order valence-electron chi connectivity index (χ3n) is 6.07. The van der Waals surface area contributed by atoms with Crippen LogP contribution in [0.1, 0.15) is 21.5 Å². The zero-order valence-corrected chi connectivity index (χ0v) is 14.2. The molecule has 2 atom stereocenters. The maximum Gasteiger partial charge on any atom is 0.194 e. The van der Waals surface area contributed by atoms with Crippen LogP contribution in [0.15, 0.2) is 36.4 Å². The highest BCUT2D eigenvalue weighted by atomic mass is 16.1. The fourth-order valence-corrected chi connectivity index (χ4v) is 4.92. The SMILES string of the molecule is Cc1cccc2c1C(=O)c1cc(N3CC4CN(C)CC4C3)ccc1-2. The number of hydrogen-bond donors (Lipinski definition) is 0. The number of ketones is 1. The Labute approximate surface area is 142 Å². The number of carbonyl (C=O) groups excluding carboxylic acids is 1. The Morgan fingerprint density at radius 3 is 2.42 bits per heavy atom. The van der Waals surface area contributed by atoms with Gasteiger partial charge in [-0.05, 0) is 54.6 Å². The predicted molar refractivity (Wildman–Crippen MR) is 96.7 cm³/mol. The summed E-state index contributed by atoms with van der Waals surface area (Å²) in [6, 6.07) is 12.6. The van der Waals surface area contributed by atoms with Crippen LogP contribution in [-0.2, 0) is 0 Å². The van der Waals surface area contributed by atoms with E-state index in [0.29, 0.717) is 0 Å². The minimum atomic E-state index is 0.194. The van der Waals surface area contributed by atoms with Crippen LogP contribution < -0.4 is 4.90 Å². The number of anilines is 1. The maximum absolute atomic E-state index is 12.9. The second-order valence-electron chi connectivity index (χ2n) is 7.70. The van der Waals surface area contributed by atoms with Gasteiger partial charge in [0, 0.05) is 43.0 Å². The third kappa shape index (κ3) is 1.91. The Morgan fingerprint density at radius 2 is 1.67 bits per heavy atom. The van der Waals surface area contributed by atoms with Crippen molar-refractivity contribution in [1.82, 2.24) is 4.90 Å². The average molecular weight is 318 g/mol. The summed E-state index contributed by atoms with van der Waals surface area (Å²) in [6.45, 7) is 6.68. The minimum absolute atomic E-state index is 0.194. The van der Waals surface area contributed by atoms with E-state index in [1.807, 2.05) is 19.1 Å². The molecule has 2 aliphatic heterocycles. The van der Waals surface area contributed by atoms with Gasteiger partial charge in [-0.15, -0.1) is 0 Å². The molecule has 0 amide bonds. The molecule has 1 aliphatic carbocycles. The van der Waals surface area contributed by atoms with Crippen LogP contribution in [0.5, 0.6) is 0 Å². The molecule has 0 bridgehead atoms. The first-order valence-corrected chi connectivity index (χ1v) is 8.84. The molecule has 5 rings (SSSR count). The van der Waals surface area contributed by atoms with Gasteiger partial charge in [-0.2, -0.15) is 0 Å². The first kappa shape index (κ1) is 14.2. The topological polar surface area (TPSA) is 23.6 Å². The lowest BCUT2D eigenvalue weighted by molar-refractivity contribution is 0.104. The van der Waals surface area contributed by atoms with Crippen LogP contribution in [0.2, 0.25) is 0 Å². The fraction of sp³-hybridized carbons (Fsp3) is 0.381. The summed E-state index contributed by atoms with van der Waals surface area (Å²) < 4.78 is 0. The van der Waals surface area contributed by atoms with E-state index >= 15 is 0 Å². The lowest BCUT2D eigenvalue weighted by Crippen LogP contribution is -2.26.